The summed E-state index contributed by atoms with van der Waals surface area (Å²) in [7, 11) is 0. The van der Waals surface area contributed by atoms with E-state index in [2.05, 4.69) is 15.0 Å². The lowest BCUT2D eigenvalue weighted by molar-refractivity contribution is -0.274. The molecule has 9 heteroatoms. The number of halogens is 3. The predicted molar refractivity (Wildman–Crippen MR) is 104 cm³/mol. The van der Waals surface area contributed by atoms with Gasteiger partial charge in [0.1, 0.15) is 5.75 Å². The van der Waals surface area contributed by atoms with E-state index in [0.717, 1.165) is 44.6 Å². The van der Waals surface area contributed by atoms with E-state index in [1.165, 1.54) is 12.1 Å². The van der Waals surface area contributed by atoms with E-state index < -0.39 is 6.36 Å². The minimum absolute atomic E-state index is 0.0216. The number of ether oxygens (including phenoxy) is 1. The smallest absolute Gasteiger partial charge is 0.406 e. The standard InChI is InChI=1S/C21H28F3N3O3/c22-21(23,24)30-16-5-1-3-14(7-16)8-25-9-17-18-10-26(11-19(17)18)12-20(29)27-6-2-4-15(27)13-28/h1,3,5,7,15,17-19,25,28H,2,4,6,8-13H2. The molecule has 2 N–H and O–H groups in total. The van der Waals surface area contributed by atoms with Crippen molar-refractivity contribution >= 4 is 5.91 Å². The first-order chi connectivity index (χ1) is 14.3. The highest BCUT2D eigenvalue weighted by Crippen LogP contribution is 2.51. The van der Waals surface area contributed by atoms with Crippen molar-refractivity contribution in [2.24, 2.45) is 17.8 Å². The van der Waals surface area contributed by atoms with Gasteiger partial charge in [0.2, 0.25) is 5.91 Å². The maximum absolute atomic E-state index is 12.5. The highest BCUT2D eigenvalue weighted by atomic mass is 19.4. The molecule has 3 atom stereocenters. The Hall–Kier alpha value is -1.84. The summed E-state index contributed by atoms with van der Waals surface area (Å²) in [5.41, 5.74) is 0.749. The predicted octanol–water partition coefficient (Wildman–Crippen LogP) is 1.84. The molecule has 3 fully saturated rings. The molecule has 1 aliphatic carbocycles. The Bertz CT molecular complexity index is 749. The zero-order chi connectivity index (χ0) is 21.3. The molecule has 166 valence electrons. The fourth-order valence-corrected chi connectivity index (χ4v) is 5.04. The highest BCUT2D eigenvalue weighted by Gasteiger charge is 2.55. The van der Waals surface area contributed by atoms with Gasteiger partial charge in [-0.3, -0.25) is 9.69 Å². The molecule has 0 spiro atoms. The number of piperidine rings is 1. The second-order valence-corrected chi connectivity index (χ2v) is 8.58. The number of amides is 1. The molecular formula is C21H28F3N3O3. The number of aliphatic hydroxyl groups excluding tert-OH is 1. The molecule has 2 heterocycles. The number of nitrogens with zero attached hydrogens (tertiary/aromatic N) is 2. The zero-order valence-electron chi connectivity index (χ0n) is 16.8. The summed E-state index contributed by atoms with van der Waals surface area (Å²) in [6.07, 6.45) is -2.84. The van der Waals surface area contributed by atoms with Gasteiger partial charge in [0.05, 0.1) is 19.2 Å². The van der Waals surface area contributed by atoms with Gasteiger partial charge in [-0.1, -0.05) is 12.1 Å². The van der Waals surface area contributed by atoms with Crippen molar-refractivity contribution in [3.8, 4) is 5.75 Å². The number of fused-ring (bicyclic) bond motifs is 1. The Kier molecular flexibility index (Phi) is 6.22. The van der Waals surface area contributed by atoms with Crippen LogP contribution >= 0.6 is 0 Å². The number of likely N-dealkylation sites (tertiary alicyclic amines) is 2. The minimum Gasteiger partial charge on any atom is -0.406 e. The second-order valence-electron chi connectivity index (χ2n) is 8.58. The van der Waals surface area contributed by atoms with Gasteiger partial charge in [-0.25, -0.2) is 0 Å². The molecule has 1 amide bonds. The molecule has 1 aromatic carbocycles. The summed E-state index contributed by atoms with van der Waals surface area (Å²) in [5.74, 6) is 1.63. The van der Waals surface area contributed by atoms with E-state index >= 15 is 0 Å². The van der Waals surface area contributed by atoms with Crippen molar-refractivity contribution in [3.05, 3.63) is 29.8 Å². The molecular weight excluding hydrogens is 399 g/mol. The Morgan fingerprint density at radius 2 is 2.03 bits per heavy atom. The third-order valence-corrected chi connectivity index (χ3v) is 6.56. The van der Waals surface area contributed by atoms with Gasteiger partial charge in [-0.15, -0.1) is 13.2 Å². The van der Waals surface area contributed by atoms with Crippen molar-refractivity contribution in [3.63, 3.8) is 0 Å². The van der Waals surface area contributed by atoms with E-state index in [-0.39, 0.29) is 24.3 Å². The molecule has 0 bridgehead atoms. The number of hydrogen-bond donors (Lipinski definition) is 2. The van der Waals surface area contributed by atoms with Gasteiger partial charge in [0.15, 0.2) is 0 Å². The number of rotatable bonds is 8. The number of hydrogen-bond acceptors (Lipinski definition) is 5. The molecule has 3 unspecified atom stereocenters. The van der Waals surface area contributed by atoms with E-state index in [9.17, 15) is 23.1 Å². The maximum atomic E-state index is 12.5. The van der Waals surface area contributed by atoms with Gasteiger partial charge < -0.3 is 20.1 Å². The summed E-state index contributed by atoms with van der Waals surface area (Å²) in [5, 5.41) is 12.7. The van der Waals surface area contributed by atoms with Gasteiger partial charge >= 0.3 is 6.36 Å². The van der Waals surface area contributed by atoms with E-state index in [4.69, 9.17) is 0 Å². The molecule has 1 saturated carbocycles. The van der Waals surface area contributed by atoms with Gasteiger partial charge in [0, 0.05) is 26.2 Å². The van der Waals surface area contributed by atoms with E-state index in [0.29, 0.717) is 30.8 Å². The van der Waals surface area contributed by atoms with Crippen LogP contribution in [-0.2, 0) is 11.3 Å². The molecule has 0 radical (unpaired) electrons. The number of nitrogens with one attached hydrogen (secondary N) is 1. The lowest BCUT2D eigenvalue weighted by atomic mass is 10.2. The quantitative estimate of drug-likeness (QED) is 0.663. The van der Waals surface area contributed by atoms with Gasteiger partial charge in [0.25, 0.3) is 0 Å². The Morgan fingerprint density at radius 1 is 1.27 bits per heavy atom. The largest absolute Gasteiger partial charge is 0.573 e. The number of carbonyl (C=O) groups excluding carboxylic acids is 1. The van der Waals surface area contributed by atoms with Crippen molar-refractivity contribution in [1.29, 1.82) is 0 Å². The second kappa shape index (κ2) is 8.72. The molecule has 30 heavy (non-hydrogen) atoms. The lowest BCUT2D eigenvalue weighted by Gasteiger charge is -2.26. The summed E-state index contributed by atoms with van der Waals surface area (Å²) in [6, 6.07) is 6.00. The fourth-order valence-electron chi connectivity index (χ4n) is 5.04. The Morgan fingerprint density at radius 3 is 2.73 bits per heavy atom. The first-order valence-electron chi connectivity index (χ1n) is 10.5. The summed E-state index contributed by atoms with van der Waals surface area (Å²) < 4.78 is 40.9. The summed E-state index contributed by atoms with van der Waals surface area (Å²) >= 11 is 0. The molecule has 1 aromatic rings. The van der Waals surface area contributed by atoms with Crippen LogP contribution in [0, 0.1) is 17.8 Å². The van der Waals surface area contributed by atoms with Crippen LogP contribution in [0.2, 0.25) is 0 Å². The van der Waals surface area contributed by atoms with Crippen LogP contribution in [0.25, 0.3) is 0 Å². The number of carbonyl (C=O) groups is 1. The highest BCUT2D eigenvalue weighted by molar-refractivity contribution is 5.79. The van der Waals surface area contributed by atoms with Crippen LogP contribution in [-0.4, -0.2) is 72.5 Å². The topological polar surface area (TPSA) is 65.0 Å². The van der Waals surface area contributed by atoms with E-state index in [1.807, 2.05) is 4.90 Å². The van der Waals surface area contributed by atoms with Crippen molar-refractivity contribution in [1.82, 2.24) is 15.1 Å². The van der Waals surface area contributed by atoms with Crippen LogP contribution in [0.1, 0.15) is 18.4 Å². The lowest BCUT2D eigenvalue weighted by Crippen LogP contribution is -2.44. The van der Waals surface area contributed by atoms with Gasteiger partial charge in [-0.05, 0) is 54.8 Å². The molecule has 6 nitrogen and oxygen atoms in total. The minimum atomic E-state index is -4.68. The molecule has 2 aliphatic heterocycles. The monoisotopic (exact) mass is 427 g/mol. The number of alkyl halides is 3. The van der Waals surface area contributed by atoms with Crippen molar-refractivity contribution in [2.75, 3.05) is 39.3 Å². The molecule has 0 aromatic heterocycles. The van der Waals surface area contributed by atoms with Crippen LogP contribution in [0.15, 0.2) is 24.3 Å². The van der Waals surface area contributed by atoms with Crippen molar-refractivity contribution in [2.45, 2.75) is 31.8 Å². The van der Waals surface area contributed by atoms with E-state index in [1.54, 1.807) is 12.1 Å². The number of aliphatic hydroxyl groups is 1. The van der Waals surface area contributed by atoms with Crippen LogP contribution in [0.4, 0.5) is 13.2 Å². The van der Waals surface area contributed by atoms with Crippen LogP contribution in [0.5, 0.6) is 5.75 Å². The normalized spacial score (nSPS) is 28.6. The first-order valence-corrected chi connectivity index (χ1v) is 10.5. The molecule has 3 aliphatic rings. The van der Waals surface area contributed by atoms with Crippen LogP contribution < -0.4 is 10.1 Å². The Balaban J connectivity index is 1.16. The SMILES string of the molecule is O=C(CN1CC2C(CNCc3cccc(OC(F)(F)F)c3)C2C1)N1CCCC1CO. The summed E-state index contributed by atoms with van der Waals surface area (Å²) in [6.45, 7) is 4.34. The average Bonchev–Trinajstić information content (AvgIpc) is 3.05. The Labute approximate surface area is 174 Å². The van der Waals surface area contributed by atoms with Gasteiger partial charge in [-0.2, -0.15) is 0 Å². The zero-order valence-corrected chi connectivity index (χ0v) is 16.8. The number of benzene rings is 1. The summed E-state index contributed by atoms with van der Waals surface area (Å²) in [4.78, 5) is 16.5. The fraction of sp³-hybridized carbons (Fsp3) is 0.667. The molecule has 2 saturated heterocycles. The average molecular weight is 427 g/mol. The van der Waals surface area contributed by atoms with Crippen LogP contribution in [0.3, 0.4) is 0 Å². The molecule has 4 rings (SSSR count). The van der Waals surface area contributed by atoms with Crippen molar-refractivity contribution < 1.29 is 27.8 Å². The third-order valence-electron chi connectivity index (χ3n) is 6.56. The first kappa shape index (κ1) is 21.4. The maximum Gasteiger partial charge on any atom is 0.573 e. The third kappa shape index (κ3) is 5.07.